The Hall–Kier alpha value is -0.220. The summed E-state index contributed by atoms with van der Waals surface area (Å²) in [6.07, 6.45) is 0.680. The first-order valence-electron chi connectivity index (χ1n) is 4.76. The van der Waals surface area contributed by atoms with Gasteiger partial charge in [-0.05, 0) is 37.1 Å². The van der Waals surface area contributed by atoms with Crippen LogP contribution in [0.2, 0.25) is 5.02 Å². The molecular formula is C11H13ClNNaO2. The number of hydrogen-bond acceptors (Lipinski definition) is 3. The van der Waals surface area contributed by atoms with Crippen LogP contribution in [0.3, 0.4) is 0 Å². The average molecular weight is 250 g/mol. The number of halogens is 1. The second-order valence-corrected chi connectivity index (χ2v) is 3.81. The van der Waals surface area contributed by atoms with E-state index < -0.39 is 5.97 Å². The van der Waals surface area contributed by atoms with Crippen molar-refractivity contribution in [2.45, 2.75) is 12.8 Å². The largest absolute Gasteiger partial charge is 1.00 e. The van der Waals surface area contributed by atoms with Crippen molar-refractivity contribution in [2.75, 3.05) is 18.5 Å². The predicted molar refractivity (Wildman–Crippen MR) is 59.0 cm³/mol. The van der Waals surface area contributed by atoms with E-state index in [-0.39, 0.29) is 36.0 Å². The Morgan fingerprint density at radius 1 is 1.38 bits per heavy atom. The number of hydrogen-bond donors (Lipinski definition) is 0. The van der Waals surface area contributed by atoms with Crippen LogP contribution in [0.4, 0.5) is 5.69 Å². The van der Waals surface area contributed by atoms with Crippen LogP contribution < -0.4 is 39.6 Å². The zero-order valence-electron chi connectivity index (χ0n) is 9.57. The molecule has 0 aromatic heterocycles. The zero-order valence-corrected chi connectivity index (χ0v) is 12.3. The van der Waals surface area contributed by atoms with Gasteiger partial charge in [0.15, 0.2) is 0 Å². The molecule has 0 aliphatic carbocycles. The van der Waals surface area contributed by atoms with Gasteiger partial charge in [0.2, 0.25) is 0 Å². The fourth-order valence-corrected chi connectivity index (χ4v) is 1.41. The maximum Gasteiger partial charge on any atom is 1.00 e. The van der Waals surface area contributed by atoms with E-state index in [1.165, 1.54) is 0 Å². The summed E-state index contributed by atoms with van der Waals surface area (Å²) in [6.45, 7) is 0.690. The summed E-state index contributed by atoms with van der Waals surface area (Å²) in [5, 5.41) is 10.9. The van der Waals surface area contributed by atoms with Gasteiger partial charge < -0.3 is 14.8 Å². The predicted octanol–water partition coefficient (Wildman–Crippen LogP) is -1.69. The van der Waals surface area contributed by atoms with Gasteiger partial charge in [-0.1, -0.05) is 11.6 Å². The molecule has 0 saturated heterocycles. The van der Waals surface area contributed by atoms with E-state index in [0.717, 1.165) is 5.69 Å². The van der Waals surface area contributed by atoms with Crippen molar-refractivity contribution in [3.63, 3.8) is 0 Å². The zero-order chi connectivity index (χ0) is 11.3. The van der Waals surface area contributed by atoms with E-state index in [9.17, 15) is 9.90 Å². The van der Waals surface area contributed by atoms with Crippen LogP contribution in [-0.2, 0) is 4.79 Å². The van der Waals surface area contributed by atoms with Crippen molar-refractivity contribution in [2.24, 2.45) is 0 Å². The van der Waals surface area contributed by atoms with Crippen LogP contribution in [-0.4, -0.2) is 19.6 Å². The SMILES string of the molecule is CN(CCCC(=O)[O-])c1ccc(Cl)cc1.[Na+]. The maximum absolute atomic E-state index is 10.2. The second kappa shape index (κ2) is 7.96. The van der Waals surface area contributed by atoms with Crippen molar-refractivity contribution in [1.29, 1.82) is 0 Å². The van der Waals surface area contributed by atoms with Gasteiger partial charge in [0.05, 0.1) is 0 Å². The molecule has 16 heavy (non-hydrogen) atoms. The number of carbonyl (C=O) groups is 1. The van der Waals surface area contributed by atoms with Crippen LogP contribution in [0.25, 0.3) is 0 Å². The number of carbonyl (C=O) groups excluding carboxylic acids is 1. The molecule has 1 rings (SSSR count). The Balaban J connectivity index is 0.00000225. The quantitative estimate of drug-likeness (QED) is 0.585. The molecule has 0 N–H and O–H groups in total. The molecule has 1 aromatic rings. The minimum Gasteiger partial charge on any atom is -0.550 e. The number of anilines is 1. The van der Waals surface area contributed by atoms with E-state index in [1.54, 1.807) is 0 Å². The van der Waals surface area contributed by atoms with Crippen LogP contribution in [0.5, 0.6) is 0 Å². The first-order chi connectivity index (χ1) is 7.09. The van der Waals surface area contributed by atoms with Gasteiger partial charge in [-0.3, -0.25) is 0 Å². The summed E-state index contributed by atoms with van der Waals surface area (Å²) in [4.78, 5) is 12.2. The second-order valence-electron chi connectivity index (χ2n) is 3.37. The Labute approximate surface area is 123 Å². The van der Waals surface area contributed by atoms with Crippen LogP contribution >= 0.6 is 11.6 Å². The summed E-state index contributed by atoms with van der Waals surface area (Å²) in [6, 6.07) is 7.43. The molecule has 0 aliphatic heterocycles. The molecular weight excluding hydrogens is 237 g/mol. The Morgan fingerprint density at radius 3 is 2.44 bits per heavy atom. The fraction of sp³-hybridized carbons (Fsp3) is 0.364. The number of aliphatic carboxylic acids is 1. The summed E-state index contributed by atoms with van der Waals surface area (Å²) < 4.78 is 0. The molecule has 0 saturated carbocycles. The minimum absolute atomic E-state index is 0. The fourth-order valence-electron chi connectivity index (χ4n) is 1.29. The third kappa shape index (κ3) is 5.75. The molecule has 0 spiro atoms. The van der Waals surface area contributed by atoms with Crippen molar-refractivity contribution in [3.8, 4) is 0 Å². The number of carboxylic acid groups (broad SMARTS) is 1. The number of benzene rings is 1. The van der Waals surface area contributed by atoms with Gasteiger partial charge in [0.1, 0.15) is 0 Å². The third-order valence-electron chi connectivity index (χ3n) is 2.14. The Morgan fingerprint density at radius 2 is 1.94 bits per heavy atom. The van der Waals surface area contributed by atoms with Gasteiger partial charge in [0, 0.05) is 30.3 Å². The molecule has 0 heterocycles. The molecule has 0 radical (unpaired) electrons. The summed E-state index contributed by atoms with van der Waals surface area (Å²) in [7, 11) is 1.92. The molecule has 0 unspecified atom stereocenters. The smallest absolute Gasteiger partial charge is 0.550 e. The van der Waals surface area contributed by atoms with Crippen molar-refractivity contribution in [3.05, 3.63) is 29.3 Å². The molecule has 0 bridgehead atoms. The summed E-state index contributed by atoms with van der Waals surface area (Å²) in [5.74, 6) is -1.00. The molecule has 82 valence electrons. The number of nitrogens with zero attached hydrogens (tertiary/aromatic N) is 1. The average Bonchev–Trinajstić information content (AvgIpc) is 2.18. The standard InChI is InChI=1S/C11H14ClNO2.Na/c1-13(8-2-3-11(14)15)10-6-4-9(12)5-7-10;/h4-7H,2-3,8H2,1H3,(H,14,15);/q;+1/p-1. The van der Waals surface area contributed by atoms with Crippen molar-refractivity contribution >= 4 is 23.3 Å². The van der Waals surface area contributed by atoms with Gasteiger partial charge >= 0.3 is 29.6 Å². The van der Waals surface area contributed by atoms with Crippen LogP contribution in [0.1, 0.15) is 12.8 Å². The third-order valence-corrected chi connectivity index (χ3v) is 2.39. The normalized spacial score (nSPS) is 9.38. The molecule has 0 fully saturated rings. The number of rotatable bonds is 5. The van der Waals surface area contributed by atoms with Gasteiger partial charge in [0.25, 0.3) is 0 Å². The molecule has 1 aromatic carbocycles. The van der Waals surface area contributed by atoms with E-state index >= 15 is 0 Å². The van der Waals surface area contributed by atoms with E-state index in [1.807, 2.05) is 36.2 Å². The topological polar surface area (TPSA) is 43.4 Å². The van der Waals surface area contributed by atoms with Crippen LogP contribution in [0.15, 0.2) is 24.3 Å². The molecule has 0 atom stereocenters. The van der Waals surface area contributed by atoms with Gasteiger partial charge in [-0.15, -0.1) is 0 Å². The van der Waals surface area contributed by atoms with Crippen molar-refractivity contribution in [1.82, 2.24) is 0 Å². The first kappa shape index (κ1) is 15.8. The Bertz CT molecular complexity index is 329. The maximum atomic E-state index is 10.2. The van der Waals surface area contributed by atoms with Crippen LogP contribution in [0, 0.1) is 0 Å². The van der Waals surface area contributed by atoms with E-state index in [2.05, 4.69) is 0 Å². The molecule has 0 aliphatic rings. The summed E-state index contributed by atoms with van der Waals surface area (Å²) >= 11 is 5.76. The minimum atomic E-state index is -1.00. The molecule has 3 nitrogen and oxygen atoms in total. The summed E-state index contributed by atoms with van der Waals surface area (Å²) in [5.41, 5.74) is 1.03. The monoisotopic (exact) mass is 249 g/mol. The van der Waals surface area contributed by atoms with E-state index in [4.69, 9.17) is 11.6 Å². The molecule has 5 heteroatoms. The van der Waals surface area contributed by atoms with Crippen molar-refractivity contribution < 1.29 is 39.5 Å². The Kier molecular flexibility index (Phi) is 7.85. The van der Waals surface area contributed by atoms with Gasteiger partial charge in [-0.25, -0.2) is 0 Å². The number of carboxylic acids is 1. The van der Waals surface area contributed by atoms with E-state index in [0.29, 0.717) is 18.0 Å². The molecule has 0 amide bonds. The first-order valence-corrected chi connectivity index (χ1v) is 5.14. The van der Waals surface area contributed by atoms with Gasteiger partial charge in [-0.2, -0.15) is 0 Å².